The van der Waals surface area contributed by atoms with Gasteiger partial charge in [0.25, 0.3) is 5.91 Å². The lowest BCUT2D eigenvalue weighted by Crippen LogP contribution is -2.22. The lowest BCUT2D eigenvalue weighted by Gasteiger charge is -2.20. The molecule has 7 heteroatoms. The van der Waals surface area contributed by atoms with E-state index in [4.69, 9.17) is 25.8 Å². The molecule has 172 valence electrons. The molecule has 0 heterocycles. The smallest absolute Gasteiger partial charge is 0.331 e. The van der Waals surface area contributed by atoms with Crippen molar-refractivity contribution in [2.75, 3.05) is 26.1 Å². The van der Waals surface area contributed by atoms with Crippen LogP contribution in [-0.4, -0.2) is 32.7 Å². The molecule has 0 spiro atoms. The first-order valence-corrected chi connectivity index (χ1v) is 10.7. The number of halogens is 1. The first kappa shape index (κ1) is 25.3. The number of hydrogen-bond donors (Lipinski definition) is 1. The summed E-state index contributed by atoms with van der Waals surface area (Å²) >= 11 is 6.17. The van der Waals surface area contributed by atoms with E-state index in [1.165, 1.54) is 26.4 Å². The van der Waals surface area contributed by atoms with Crippen LogP contribution in [0.15, 0.2) is 36.4 Å². The molecular weight excluding hydrogens is 430 g/mol. The minimum absolute atomic E-state index is 0.239. The fourth-order valence-corrected chi connectivity index (χ4v) is 3.55. The second kappa shape index (κ2) is 11.6. The third kappa shape index (κ3) is 6.50. The van der Waals surface area contributed by atoms with Gasteiger partial charge in [0.1, 0.15) is 0 Å². The zero-order chi connectivity index (χ0) is 23.8. The molecule has 0 fully saturated rings. The molecule has 0 aliphatic heterocycles. The first-order chi connectivity index (χ1) is 15.2. The summed E-state index contributed by atoms with van der Waals surface area (Å²) in [6.45, 7) is 7.89. The molecule has 32 heavy (non-hydrogen) atoms. The van der Waals surface area contributed by atoms with Crippen LogP contribution >= 0.6 is 11.6 Å². The second-order valence-electron chi connectivity index (χ2n) is 7.85. The predicted molar refractivity (Wildman–Crippen MR) is 128 cm³/mol. The summed E-state index contributed by atoms with van der Waals surface area (Å²) in [4.78, 5) is 24.6. The zero-order valence-electron chi connectivity index (χ0n) is 19.3. The van der Waals surface area contributed by atoms with Crippen LogP contribution in [0.2, 0.25) is 5.02 Å². The van der Waals surface area contributed by atoms with Gasteiger partial charge in [0.05, 0.1) is 19.2 Å². The Morgan fingerprint density at radius 1 is 1.03 bits per heavy atom. The van der Waals surface area contributed by atoms with Crippen molar-refractivity contribution < 1.29 is 23.8 Å². The first-order valence-electron chi connectivity index (χ1n) is 10.4. The van der Waals surface area contributed by atoms with Crippen LogP contribution in [0.5, 0.6) is 11.5 Å². The molecule has 0 aliphatic carbocycles. The third-order valence-corrected chi connectivity index (χ3v) is 5.13. The Balaban J connectivity index is 2.04. The van der Waals surface area contributed by atoms with Crippen molar-refractivity contribution in [3.63, 3.8) is 0 Å². The summed E-state index contributed by atoms with van der Waals surface area (Å²) in [7, 11) is 2.99. The van der Waals surface area contributed by atoms with E-state index in [-0.39, 0.29) is 18.4 Å². The van der Waals surface area contributed by atoms with Crippen LogP contribution in [0, 0.1) is 0 Å². The highest BCUT2D eigenvalue weighted by molar-refractivity contribution is 6.32. The number of anilines is 1. The van der Waals surface area contributed by atoms with E-state index in [0.717, 1.165) is 16.8 Å². The van der Waals surface area contributed by atoms with Crippen LogP contribution in [-0.2, 0) is 14.3 Å². The average molecular weight is 460 g/mol. The van der Waals surface area contributed by atoms with Gasteiger partial charge in [-0.25, -0.2) is 4.79 Å². The number of carbonyl (C=O) groups is 2. The van der Waals surface area contributed by atoms with Gasteiger partial charge in [-0.05, 0) is 46.7 Å². The van der Waals surface area contributed by atoms with Crippen LogP contribution < -0.4 is 14.8 Å². The molecule has 0 aliphatic rings. The summed E-state index contributed by atoms with van der Waals surface area (Å²) < 4.78 is 15.5. The normalized spacial score (nSPS) is 11.2. The summed E-state index contributed by atoms with van der Waals surface area (Å²) in [6.07, 6.45) is 2.76. The zero-order valence-corrected chi connectivity index (χ0v) is 20.1. The molecule has 2 aromatic carbocycles. The molecule has 1 N–H and O–H groups in total. The summed E-state index contributed by atoms with van der Waals surface area (Å²) in [6, 6.07) is 9.29. The molecular formula is C25H30ClNO5. The van der Waals surface area contributed by atoms with Crippen LogP contribution in [0.1, 0.15) is 56.2 Å². The Labute approximate surface area is 194 Å². The van der Waals surface area contributed by atoms with Crippen molar-refractivity contribution in [3.05, 3.63) is 58.1 Å². The number of nitrogens with one attached hydrogen (secondary N) is 1. The third-order valence-electron chi connectivity index (χ3n) is 4.85. The predicted octanol–water partition coefficient (Wildman–Crippen LogP) is 5.80. The van der Waals surface area contributed by atoms with E-state index < -0.39 is 11.9 Å². The Morgan fingerprint density at radius 2 is 1.66 bits per heavy atom. The number of methoxy groups -OCH3 is 2. The fourth-order valence-electron chi connectivity index (χ4n) is 3.25. The highest BCUT2D eigenvalue weighted by Crippen LogP contribution is 2.36. The fraction of sp³-hybridized carbons (Fsp3) is 0.360. The molecule has 0 bridgehead atoms. The Morgan fingerprint density at radius 3 is 2.19 bits per heavy atom. The maximum Gasteiger partial charge on any atom is 0.331 e. The maximum atomic E-state index is 12.5. The van der Waals surface area contributed by atoms with Crippen molar-refractivity contribution in [2.45, 2.75) is 39.5 Å². The minimum atomic E-state index is -0.646. The van der Waals surface area contributed by atoms with Crippen LogP contribution in [0.25, 0.3) is 6.08 Å². The van der Waals surface area contributed by atoms with Gasteiger partial charge in [-0.3, -0.25) is 4.79 Å². The molecule has 1 amide bonds. The Hall–Kier alpha value is -2.99. The van der Waals surface area contributed by atoms with Gasteiger partial charge in [0.2, 0.25) is 0 Å². The van der Waals surface area contributed by atoms with E-state index in [9.17, 15) is 9.59 Å². The Bertz CT molecular complexity index is 972. The monoisotopic (exact) mass is 459 g/mol. The van der Waals surface area contributed by atoms with Gasteiger partial charge < -0.3 is 19.5 Å². The quantitative estimate of drug-likeness (QED) is 0.379. The summed E-state index contributed by atoms with van der Waals surface area (Å²) in [5.74, 6) is 0.291. The molecule has 0 saturated carbocycles. The van der Waals surface area contributed by atoms with E-state index in [1.54, 1.807) is 12.1 Å². The van der Waals surface area contributed by atoms with Crippen LogP contribution in [0.4, 0.5) is 5.69 Å². The number of amides is 1. The second-order valence-corrected chi connectivity index (χ2v) is 8.26. The standard InChI is InChI=1S/C25H30ClNO5/c1-15(2)18-8-7-9-19(16(3)4)24(18)27-22(28)14-32-23(29)11-10-17-12-20(26)25(31-6)21(13-17)30-5/h7-13,15-16H,14H2,1-6H3,(H,27,28)/b11-10+. The SMILES string of the molecule is COc1cc(/C=C/C(=O)OCC(=O)Nc2c(C(C)C)cccc2C(C)C)cc(Cl)c1OC. The van der Waals surface area contributed by atoms with E-state index in [0.29, 0.717) is 22.1 Å². The van der Waals surface area contributed by atoms with Crippen molar-refractivity contribution >= 4 is 35.2 Å². The van der Waals surface area contributed by atoms with E-state index in [1.807, 2.05) is 18.2 Å². The number of benzene rings is 2. The van der Waals surface area contributed by atoms with Crippen molar-refractivity contribution in [3.8, 4) is 11.5 Å². The maximum absolute atomic E-state index is 12.5. The van der Waals surface area contributed by atoms with Crippen molar-refractivity contribution in [1.82, 2.24) is 0 Å². The number of ether oxygens (including phenoxy) is 3. The van der Waals surface area contributed by atoms with Crippen molar-refractivity contribution in [1.29, 1.82) is 0 Å². The number of rotatable bonds is 9. The molecule has 2 rings (SSSR count). The van der Waals surface area contributed by atoms with Gasteiger partial charge in [-0.1, -0.05) is 57.5 Å². The highest BCUT2D eigenvalue weighted by atomic mass is 35.5. The number of carbonyl (C=O) groups excluding carboxylic acids is 2. The molecule has 0 unspecified atom stereocenters. The van der Waals surface area contributed by atoms with Gasteiger partial charge in [0, 0.05) is 11.8 Å². The largest absolute Gasteiger partial charge is 0.493 e. The lowest BCUT2D eigenvalue weighted by atomic mass is 9.92. The Kier molecular flexibility index (Phi) is 9.14. The number of hydrogen-bond acceptors (Lipinski definition) is 5. The molecule has 6 nitrogen and oxygen atoms in total. The molecule has 2 aromatic rings. The molecule has 0 saturated heterocycles. The summed E-state index contributed by atoms with van der Waals surface area (Å²) in [5.41, 5.74) is 3.50. The topological polar surface area (TPSA) is 73.9 Å². The van der Waals surface area contributed by atoms with Gasteiger partial charge in [-0.15, -0.1) is 0 Å². The lowest BCUT2D eigenvalue weighted by molar-refractivity contribution is -0.142. The highest BCUT2D eigenvalue weighted by Gasteiger charge is 2.16. The van der Waals surface area contributed by atoms with E-state index >= 15 is 0 Å². The van der Waals surface area contributed by atoms with Crippen LogP contribution in [0.3, 0.4) is 0 Å². The summed E-state index contributed by atoms with van der Waals surface area (Å²) in [5, 5.41) is 3.27. The average Bonchev–Trinajstić information content (AvgIpc) is 2.75. The number of para-hydroxylation sites is 1. The number of esters is 1. The molecule has 0 radical (unpaired) electrons. The van der Waals surface area contributed by atoms with Gasteiger partial charge in [-0.2, -0.15) is 0 Å². The molecule has 0 aromatic heterocycles. The van der Waals surface area contributed by atoms with Gasteiger partial charge >= 0.3 is 5.97 Å². The van der Waals surface area contributed by atoms with E-state index in [2.05, 4.69) is 33.0 Å². The van der Waals surface area contributed by atoms with Crippen molar-refractivity contribution in [2.24, 2.45) is 0 Å². The van der Waals surface area contributed by atoms with Gasteiger partial charge in [0.15, 0.2) is 18.1 Å². The minimum Gasteiger partial charge on any atom is -0.493 e. The molecule has 0 atom stereocenters.